The monoisotopic (exact) mass is 382 g/mol. The first kappa shape index (κ1) is 20.1. The molecule has 0 spiro atoms. The van der Waals surface area contributed by atoms with Gasteiger partial charge in [0.2, 0.25) is 0 Å². The molecule has 2 N–H and O–H groups in total. The van der Waals surface area contributed by atoms with Crippen molar-refractivity contribution in [2.24, 2.45) is 0 Å². The average Bonchev–Trinajstić information content (AvgIpc) is 2.76. The van der Waals surface area contributed by atoms with Crippen molar-refractivity contribution in [1.82, 2.24) is 15.6 Å². The summed E-state index contributed by atoms with van der Waals surface area (Å²) in [5, 5.41) is 5.81. The highest BCUT2D eigenvalue weighted by Crippen LogP contribution is 2.17. The van der Waals surface area contributed by atoms with Crippen molar-refractivity contribution in [2.45, 2.75) is 45.9 Å². The molecule has 0 radical (unpaired) electrons. The Balaban J connectivity index is 1.44. The van der Waals surface area contributed by atoms with Gasteiger partial charge in [-0.05, 0) is 48.9 Å². The number of ether oxygens (including phenoxy) is 1. The maximum absolute atomic E-state index is 12.1. The fourth-order valence-corrected chi connectivity index (χ4v) is 3.33. The molecular formula is C22H30N4O2. The predicted octanol–water partition coefficient (Wildman–Crippen LogP) is 3.61. The summed E-state index contributed by atoms with van der Waals surface area (Å²) in [6.07, 6.45) is 5.63. The lowest BCUT2D eigenvalue weighted by Crippen LogP contribution is -2.35. The molecule has 1 aliphatic heterocycles. The summed E-state index contributed by atoms with van der Waals surface area (Å²) in [6, 6.07) is 11.9. The SMILES string of the molecule is CCOCc1ccccc1CNC(=O)NCc1ccc(N2CCCCC2)nc1. The fraction of sp³-hybridized carbons (Fsp3) is 0.455. The van der Waals surface area contributed by atoms with Gasteiger partial charge in [-0.25, -0.2) is 9.78 Å². The molecular weight excluding hydrogens is 352 g/mol. The minimum absolute atomic E-state index is 0.189. The summed E-state index contributed by atoms with van der Waals surface area (Å²) in [5.74, 6) is 1.03. The van der Waals surface area contributed by atoms with E-state index in [9.17, 15) is 4.79 Å². The minimum Gasteiger partial charge on any atom is -0.377 e. The fourth-order valence-electron chi connectivity index (χ4n) is 3.33. The molecule has 1 aromatic heterocycles. The number of nitrogens with one attached hydrogen (secondary N) is 2. The highest BCUT2D eigenvalue weighted by atomic mass is 16.5. The van der Waals surface area contributed by atoms with Crippen molar-refractivity contribution in [3.8, 4) is 0 Å². The van der Waals surface area contributed by atoms with Crippen LogP contribution in [0.15, 0.2) is 42.6 Å². The lowest BCUT2D eigenvalue weighted by Gasteiger charge is -2.27. The quantitative estimate of drug-likeness (QED) is 0.732. The van der Waals surface area contributed by atoms with Gasteiger partial charge in [-0.15, -0.1) is 0 Å². The van der Waals surface area contributed by atoms with Gasteiger partial charge >= 0.3 is 6.03 Å². The number of amides is 2. The van der Waals surface area contributed by atoms with Crippen LogP contribution in [0.25, 0.3) is 0 Å². The number of hydrogen-bond donors (Lipinski definition) is 2. The van der Waals surface area contributed by atoms with E-state index < -0.39 is 0 Å². The second-order valence-electron chi connectivity index (χ2n) is 7.01. The zero-order chi connectivity index (χ0) is 19.6. The summed E-state index contributed by atoms with van der Waals surface area (Å²) in [4.78, 5) is 19.0. The van der Waals surface area contributed by atoms with E-state index in [-0.39, 0.29) is 6.03 Å². The Morgan fingerprint density at radius 2 is 1.79 bits per heavy atom. The Labute approximate surface area is 167 Å². The number of rotatable bonds is 8. The zero-order valence-electron chi connectivity index (χ0n) is 16.6. The van der Waals surface area contributed by atoms with Crippen molar-refractivity contribution in [2.75, 3.05) is 24.6 Å². The number of pyridine rings is 1. The Hall–Kier alpha value is -2.60. The first-order valence-electron chi connectivity index (χ1n) is 10.1. The molecule has 1 fully saturated rings. The minimum atomic E-state index is -0.189. The summed E-state index contributed by atoms with van der Waals surface area (Å²) >= 11 is 0. The number of anilines is 1. The first-order valence-corrected chi connectivity index (χ1v) is 10.1. The molecule has 6 heteroatoms. The Morgan fingerprint density at radius 1 is 1.04 bits per heavy atom. The third kappa shape index (κ3) is 5.96. The van der Waals surface area contributed by atoms with Gasteiger partial charge in [-0.1, -0.05) is 30.3 Å². The van der Waals surface area contributed by atoms with Crippen LogP contribution in [0.1, 0.15) is 42.9 Å². The number of nitrogens with zero attached hydrogens (tertiary/aromatic N) is 2. The largest absolute Gasteiger partial charge is 0.377 e. The van der Waals surface area contributed by atoms with Gasteiger partial charge in [0, 0.05) is 39.0 Å². The van der Waals surface area contributed by atoms with E-state index in [0.29, 0.717) is 26.3 Å². The van der Waals surface area contributed by atoms with Gasteiger partial charge in [0.15, 0.2) is 0 Å². The van der Waals surface area contributed by atoms with Crippen LogP contribution >= 0.6 is 0 Å². The smallest absolute Gasteiger partial charge is 0.315 e. The van der Waals surface area contributed by atoms with Crippen LogP contribution in [0, 0.1) is 0 Å². The molecule has 150 valence electrons. The predicted molar refractivity (Wildman–Crippen MR) is 111 cm³/mol. The number of carbonyl (C=O) groups excluding carboxylic acids is 1. The van der Waals surface area contributed by atoms with Gasteiger partial charge in [-0.2, -0.15) is 0 Å². The zero-order valence-corrected chi connectivity index (χ0v) is 16.6. The molecule has 0 bridgehead atoms. The second-order valence-corrected chi connectivity index (χ2v) is 7.01. The van der Waals surface area contributed by atoms with E-state index in [1.165, 1.54) is 19.3 Å². The van der Waals surface area contributed by atoms with E-state index in [2.05, 4.69) is 20.5 Å². The van der Waals surface area contributed by atoms with Crippen LogP contribution in [0.5, 0.6) is 0 Å². The van der Waals surface area contributed by atoms with Crippen molar-refractivity contribution in [3.63, 3.8) is 0 Å². The summed E-state index contributed by atoms with van der Waals surface area (Å²) in [7, 11) is 0. The third-order valence-electron chi connectivity index (χ3n) is 4.96. The molecule has 0 unspecified atom stereocenters. The van der Waals surface area contributed by atoms with Crippen LogP contribution in [0.3, 0.4) is 0 Å². The van der Waals surface area contributed by atoms with Crippen molar-refractivity contribution >= 4 is 11.8 Å². The van der Waals surface area contributed by atoms with Crippen LogP contribution in [0.2, 0.25) is 0 Å². The van der Waals surface area contributed by atoms with Crippen molar-refractivity contribution in [1.29, 1.82) is 0 Å². The van der Waals surface area contributed by atoms with Crippen molar-refractivity contribution < 1.29 is 9.53 Å². The molecule has 0 atom stereocenters. The summed E-state index contributed by atoms with van der Waals surface area (Å²) in [6.45, 7) is 6.30. The molecule has 2 amide bonds. The molecule has 2 heterocycles. The van der Waals surface area contributed by atoms with Gasteiger partial charge in [0.05, 0.1) is 6.61 Å². The molecule has 2 aromatic rings. The molecule has 28 heavy (non-hydrogen) atoms. The summed E-state index contributed by atoms with van der Waals surface area (Å²) < 4.78 is 5.49. The molecule has 1 aliphatic rings. The molecule has 1 aromatic carbocycles. The highest BCUT2D eigenvalue weighted by molar-refractivity contribution is 5.73. The Morgan fingerprint density at radius 3 is 2.50 bits per heavy atom. The maximum Gasteiger partial charge on any atom is 0.315 e. The standard InChI is InChI=1S/C22H30N4O2/c1-2-28-17-20-9-5-4-8-19(20)16-25-22(27)24-15-18-10-11-21(23-14-18)26-12-6-3-7-13-26/h4-5,8-11,14H,2-3,6-7,12-13,15-17H2,1H3,(H2,24,25,27). The first-order chi connectivity index (χ1) is 13.8. The number of benzene rings is 1. The van der Waals surface area contributed by atoms with Crippen LogP contribution in [0.4, 0.5) is 10.6 Å². The number of piperidine rings is 1. The lowest BCUT2D eigenvalue weighted by atomic mass is 10.1. The van der Waals surface area contributed by atoms with Gasteiger partial charge in [-0.3, -0.25) is 0 Å². The maximum atomic E-state index is 12.1. The number of urea groups is 1. The lowest BCUT2D eigenvalue weighted by molar-refractivity contribution is 0.133. The topological polar surface area (TPSA) is 66.5 Å². The van der Waals surface area contributed by atoms with E-state index in [0.717, 1.165) is 35.6 Å². The Kier molecular flexibility index (Phi) is 7.67. The molecule has 3 rings (SSSR count). The van der Waals surface area contributed by atoms with Crippen LogP contribution < -0.4 is 15.5 Å². The number of hydrogen-bond acceptors (Lipinski definition) is 4. The average molecular weight is 383 g/mol. The van der Waals surface area contributed by atoms with Crippen molar-refractivity contribution in [3.05, 3.63) is 59.3 Å². The van der Waals surface area contributed by atoms with Gasteiger partial charge in [0.1, 0.15) is 5.82 Å². The van der Waals surface area contributed by atoms with E-state index in [1.807, 2.05) is 49.5 Å². The van der Waals surface area contributed by atoms with E-state index >= 15 is 0 Å². The van der Waals surface area contributed by atoms with E-state index in [4.69, 9.17) is 4.74 Å². The summed E-state index contributed by atoms with van der Waals surface area (Å²) in [5.41, 5.74) is 3.16. The highest BCUT2D eigenvalue weighted by Gasteiger charge is 2.12. The molecule has 0 saturated carbocycles. The van der Waals surface area contributed by atoms with Crippen LogP contribution in [-0.4, -0.2) is 30.7 Å². The normalized spacial score (nSPS) is 14.0. The Bertz CT molecular complexity index is 742. The number of carbonyl (C=O) groups is 1. The number of aromatic nitrogens is 1. The molecule has 1 saturated heterocycles. The van der Waals surface area contributed by atoms with E-state index in [1.54, 1.807) is 0 Å². The van der Waals surface area contributed by atoms with Crippen LogP contribution in [-0.2, 0) is 24.4 Å². The second kappa shape index (κ2) is 10.7. The molecule has 0 aliphatic carbocycles. The van der Waals surface area contributed by atoms with Gasteiger partial charge in [0.25, 0.3) is 0 Å². The third-order valence-corrected chi connectivity index (χ3v) is 4.96. The van der Waals surface area contributed by atoms with Gasteiger partial charge < -0.3 is 20.3 Å². The molecule has 6 nitrogen and oxygen atoms in total.